The number of thiazole rings is 1. The number of aromatic nitrogens is 1. The van der Waals surface area contributed by atoms with Crippen molar-refractivity contribution >= 4 is 32.8 Å². The Kier molecular flexibility index (Phi) is 9.05. The zero-order valence-corrected chi connectivity index (χ0v) is 22.4. The molecule has 2 aromatic carbocycles. The summed E-state index contributed by atoms with van der Waals surface area (Å²) in [5.41, 5.74) is 3.33. The van der Waals surface area contributed by atoms with Crippen molar-refractivity contribution in [3.8, 4) is 21.7 Å². The van der Waals surface area contributed by atoms with E-state index in [0.717, 1.165) is 26.6 Å². The molecule has 0 atom stereocenters. The number of rotatable bonds is 6. The molecule has 0 bridgehead atoms. The van der Waals surface area contributed by atoms with Crippen molar-refractivity contribution in [2.75, 3.05) is 6.26 Å². The predicted octanol–water partition coefficient (Wildman–Crippen LogP) is 7.92. The minimum Gasteiger partial charge on any atom is -0.486 e. The number of nitrogens with zero attached hydrogens (tertiary/aromatic N) is 1. The van der Waals surface area contributed by atoms with Gasteiger partial charge in [-0.3, -0.25) is 0 Å². The number of hydrogen-bond acceptors (Lipinski definition) is 5. The molecule has 0 fully saturated rings. The first-order valence-corrected chi connectivity index (χ1v) is 14.2. The van der Waals surface area contributed by atoms with Crippen LogP contribution in [0.4, 0.5) is 4.39 Å². The van der Waals surface area contributed by atoms with Crippen molar-refractivity contribution in [3.05, 3.63) is 93.9 Å². The van der Waals surface area contributed by atoms with Crippen LogP contribution >= 0.6 is 22.9 Å². The summed E-state index contributed by atoms with van der Waals surface area (Å²) >= 11 is 7.66. The van der Waals surface area contributed by atoms with Crippen LogP contribution in [0.5, 0.6) is 0 Å². The smallest absolute Gasteiger partial charge is 0.175 e. The molecule has 0 amide bonds. The fourth-order valence-corrected chi connectivity index (χ4v) is 5.12. The van der Waals surface area contributed by atoms with Crippen LogP contribution in [0.15, 0.2) is 88.0 Å². The van der Waals surface area contributed by atoms with E-state index < -0.39 is 9.84 Å². The molecule has 0 aliphatic heterocycles. The molecular formula is C27H27ClFNO3S2. The van der Waals surface area contributed by atoms with Crippen LogP contribution in [0.25, 0.3) is 21.7 Å². The molecule has 1 aliphatic carbocycles. The third-order valence-electron chi connectivity index (χ3n) is 4.98. The topological polar surface area (TPSA) is 56.3 Å². The zero-order valence-electron chi connectivity index (χ0n) is 20.0. The van der Waals surface area contributed by atoms with Gasteiger partial charge in [0.05, 0.1) is 15.5 Å². The van der Waals surface area contributed by atoms with E-state index in [1.54, 1.807) is 42.5 Å². The van der Waals surface area contributed by atoms with E-state index in [0.29, 0.717) is 22.9 Å². The molecule has 35 heavy (non-hydrogen) atoms. The maximum atomic E-state index is 13.5. The van der Waals surface area contributed by atoms with Crippen molar-refractivity contribution in [2.45, 2.75) is 38.7 Å². The summed E-state index contributed by atoms with van der Waals surface area (Å²) < 4.78 is 43.1. The fraction of sp³-hybridized carbons (Fsp3) is 0.222. The monoisotopic (exact) mass is 531 g/mol. The van der Waals surface area contributed by atoms with E-state index in [-0.39, 0.29) is 17.3 Å². The van der Waals surface area contributed by atoms with E-state index in [4.69, 9.17) is 21.3 Å². The minimum atomic E-state index is -3.30. The summed E-state index contributed by atoms with van der Waals surface area (Å²) in [5.74, 6) is 0.327. The predicted molar refractivity (Wildman–Crippen MR) is 143 cm³/mol. The first-order chi connectivity index (χ1) is 16.7. The highest BCUT2D eigenvalue weighted by Gasteiger charge is 2.17. The molecule has 1 aromatic heterocycles. The molecule has 0 saturated carbocycles. The fourth-order valence-electron chi connectivity index (χ4n) is 3.30. The number of allylic oxidation sites excluding steroid dienone is 5. The van der Waals surface area contributed by atoms with Crippen LogP contribution in [0.1, 0.15) is 32.2 Å². The van der Waals surface area contributed by atoms with Crippen LogP contribution in [0, 0.1) is 5.82 Å². The van der Waals surface area contributed by atoms with Gasteiger partial charge >= 0.3 is 0 Å². The van der Waals surface area contributed by atoms with Crippen LogP contribution < -0.4 is 0 Å². The standard InChI is InChI=1S/C25H21ClFNO3S2.C2H6/c1-16-3-8-19(26)14-21(13-16)31-15-23-28-24(17-4-9-20(27)10-5-17)25(32-23)18-6-11-22(12-7-18)33(2,29)30;1-2/h3-7,9-14H,8,15H2,1-2H3;1-2H3. The summed E-state index contributed by atoms with van der Waals surface area (Å²) in [6.45, 7) is 6.22. The molecule has 0 unspecified atom stereocenters. The maximum absolute atomic E-state index is 13.5. The largest absolute Gasteiger partial charge is 0.486 e. The van der Waals surface area contributed by atoms with Gasteiger partial charge in [-0.25, -0.2) is 17.8 Å². The molecule has 0 saturated heterocycles. The molecule has 3 aromatic rings. The van der Waals surface area contributed by atoms with E-state index in [1.165, 1.54) is 29.7 Å². The normalized spacial score (nSPS) is 13.6. The lowest BCUT2D eigenvalue weighted by Gasteiger charge is -2.05. The maximum Gasteiger partial charge on any atom is 0.175 e. The zero-order chi connectivity index (χ0) is 25.6. The number of ether oxygens (including phenoxy) is 1. The van der Waals surface area contributed by atoms with E-state index in [2.05, 4.69) is 0 Å². The first kappa shape index (κ1) is 26.9. The van der Waals surface area contributed by atoms with Crippen molar-refractivity contribution in [3.63, 3.8) is 0 Å². The molecule has 0 N–H and O–H groups in total. The molecular weight excluding hydrogens is 505 g/mol. The third kappa shape index (κ3) is 7.13. The van der Waals surface area contributed by atoms with Crippen LogP contribution in [0.3, 0.4) is 0 Å². The van der Waals surface area contributed by atoms with Crippen molar-refractivity contribution in [1.29, 1.82) is 0 Å². The summed E-state index contributed by atoms with van der Waals surface area (Å²) in [7, 11) is -3.30. The quantitative estimate of drug-likeness (QED) is 0.324. The lowest BCUT2D eigenvalue weighted by atomic mass is 10.1. The number of hydrogen-bond donors (Lipinski definition) is 0. The Balaban J connectivity index is 0.00000167. The lowest BCUT2D eigenvalue weighted by Crippen LogP contribution is -1.96. The van der Waals surface area contributed by atoms with Crippen molar-refractivity contribution in [2.24, 2.45) is 0 Å². The number of halogens is 2. The summed E-state index contributed by atoms with van der Waals surface area (Å²) in [5, 5.41) is 1.42. The van der Waals surface area contributed by atoms with Crippen molar-refractivity contribution < 1.29 is 17.5 Å². The van der Waals surface area contributed by atoms with Gasteiger partial charge in [0.15, 0.2) is 9.84 Å². The highest BCUT2D eigenvalue weighted by atomic mass is 35.5. The minimum absolute atomic E-state index is 0.236. The second kappa shape index (κ2) is 11.8. The first-order valence-electron chi connectivity index (χ1n) is 11.1. The van der Waals surface area contributed by atoms with Gasteiger partial charge in [-0.1, -0.05) is 49.2 Å². The van der Waals surface area contributed by atoms with Crippen LogP contribution in [-0.2, 0) is 21.2 Å². The molecule has 4 nitrogen and oxygen atoms in total. The SMILES string of the molecule is CC.CC1=CCC(Cl)=CC(OCc2nc(-c3ccc(F)cc3)c(-c3ccc(S(C)(=O)=O)cc3)s2)=C1. The van der Waals surface area contributed by atoms with Gasteiger partial charge in [-0.05, 0) is 61.0 Å². The average Bonchev–Trinajstić information content (AvgIpc) is 3.19. The highest BCUT2D eigenvalue weighted by molar-refractivity contribution is 7.90. The number of benzene rings is 2. The summed E-state index contributed by atoms with van der Waals surface area (Å²) in [4.78, 5) is 5.85. The van der Waals surface area contributed by atoms with Crippen LogP contribution in [0.2, 0.25) is 0 Å². The molecule has 8 heteroatoms. The molecule has 4 rings (SSSR count). The Labute approximate surface area is 215 Å². The second-order valence-electron chi connectivity index (χ2n) is 7.67. The van der Waals surface area contributed by atoms with Gasteiger partial charge in [0.2, 0.25) is 0 Å². The Morgan fingerprint density at radius 1 is 1.03 bits per heavy atom. The Bertz CT molecular complexity index is 1370. The van der Waals surface area contributed by atoms with E-state index >= 15 is 0 Å². The van der Waals surface area contributed by atoms with Gasteiger partial charge in [0.1, 0.15) is 23.2 Å². The molecule has 0 spiro atoms. The number of sulfone groups is 1. The van der Waals surface area contributed by atoms with Gasteiger partial charge in [0.25, 0.3) is 0 Å². The lowest BCUT2D eigenvalue weighted by molar-refractivity contribution is 0.210. The van der Waals surface area contributed by atoms with E-state index in [1.807, 2.05) is 32.9 Å². The molecule has 1 aliphatic rings. The highest BCUT2D eigenvalue weighted by Crippen LogP contribution is 2.38. The van der Waals surface area contributed by atoms with Gasteiger partial charge < -0.3 is 4.74 Å². The Morgan fingerprint density at radius 2 is 1.66 bits per heavy atom. The van der Waals surface area contributed by atoms with Crippen LogP contribution in [-0.4, -0.2) is 19.7 Å². The summed E-state index contributed by atoms with van der Waals surface area (Å²) in [6, 6.07) is 12.8. The van der Waals surface area contributed by atoms with E-state index in [9.17, 15) is 12.8 Å². The Morgan fingerprint density at radius 3 is 2.29 bits per heavy atom. The van der Waals surface area contributed by atoms with Gasteiger partial charge in [0, 0.05) is 23.3 Å². The molecule has 1 heterocycles. The third-order valence-corrected chi connectivity index (χ3v) is 7.45. The summed E-state index contributed by atoms with van der Waals surface area (Å²) in [6.07, 6.45) is 7.59. The molecule has 0 radical (unpaired) electrons. The average molecular weight is 532 g/mol. The Hall–Kier alpha value is -2.74. The second-order valence-corrected chi connectivity index (χ2v) is 11.3. The molecule has 184 valence electrons. The van der Waals surface area contributed by atoms with Gasteiger partial charge in [-0.15, -0.1) is 11.3 Å². The van der Waals surface area contributed by atoms with Gasteiger partial charge in [-0.2, -0.15) is 0 Å². The van der Waals surface area contributed by atoms with Crippen molar-refractivity contribution in [1.82, 2.24) is 4.98 Å².